The quantitative estimate of drug-likeness (QED) is 0.853. The van der Waals surface area contributed by atoms with Gasteiger partial charge in [0.15, 0.2) is 0 Å². The van der Waals surface area contributed by atoms with E-state index in [9.17, 15) is 4.79 Å². The van der Waals surface area contributed by atoms with Crippen molar-refractivity contribution in [1.29, 1.82) is 0 Å². The maximum Gasteiger partial charge on any atom is 0.255 e. The molecule has 1 N–H and O–H groups in total. The number of amides is 1. The summed E-state index contributed by atoms with van der Waals surface area (Å²) in [5.41, 5.74) is 0.562. The van der Waals surface area contributed by atoms with Gasteiger partial charge in [-0.2, -0.15) is 0 Å². The maximum atomic E-state index is 12.8. The molecule has 136 valence electrons. The van der Waals surface area contributed by atoms with Gasteiger partial charge in [0.2, 0.25) is 5.88 Å². The number of rotatable bonds is 3. The highest BCUT2D eigenvalue weighted by Crippen LogP contribution is 2.34. The van der Waals surface area contributed by atoms with Gasteiger partial charge in [0.1, 0.15) is 10.8 Å². The van der Waals surface area contributed by atoms with Crippen molar-refractivity contribution in [3.8, 4) is 11.6 Å². The Balaban J connectivity index is 1.45. The van der Waals surface area contributed by atoms with E-state index >= 15 is 0 Å². The normalized spacial score (nSPS) is 22.2. The first-order chi connectivity index (χ1) is 12.6. The summed E-state index contributed by atoms with van der Waals surface area (Å²) in [6, 6.07) is 9.53. The number of halogens is 2. The highest BCUT2D eigenvalue weighted by Gasteiger charge is 2.31. The number of nitrogens with one attached hydrogen (secondary N) is 1. The summed E-state index contributed by atoms with van der Waals surface area (Å²) < 4.78 is 5.67. The molecule has 4 rings (SSSR count). The summed E-state index contributed by atoms with van der Waals surface area (Å²) in [6.45, 7) is 1.54. The maximum absolute atomic E-state index is 12.8. The van der Waals surface area contributed by atoms with Crippen molar-refractivity contribution in [3.05, 3.63) is 52.1 Å². The second kappa shape index (κ2) is 7.43. The summed E-state index contributed by atoms with van der Waals surface area (Å²) in [5.74, 6) is 0.807. The molecule has 2 saturated heterocycles. The molecule has 0 saturated carbocycles. The Bertz CT molecular complexity index is 813. The van der Waals surface area contributed by atoms with Gasteiger partial charge in [0.25, 0.3) is 5.91 Å². The van der Waals surface area contributed by atoms with Gasteiger partial charge in [-0.05, 0) is 37.5 Å². The van der Waals surface area contributed by atoms with Crippen molar-refractivity contribution < 1.29 is 9.53 Å². The van der Waals surface area contributed by atoms with Gasteiger partial charge in [0.05, 0.1) is 10.6 Å². The number of fused-ring (bicyclic) bond motifs is 2. The lowest BCUT2D eigenvalue weighted by Gasteiger charge is -2.24. The fourth-order valence-electron chi connectivity index (χ4n) is 3.55. The van der Waals surface area contributed by atoms with Crippen LogP contribution in [-0.2, 0) is 0 Å². The standard InChI is InChI=1S/C19H19Cl2N3O2/c20-15-2-1-3-16(18(15)21)26-17-7-4-12(10-22-17)19(25)24-9-8-13-5-6-14(11-24)23-13/h1-4,7,10,13-14,23H,5-6,8-9,11H2. The zero-order valence-electron chi connectivity index (χ0n) is 14.1. The summed E-state index contributed by atoms with van der Waals surface area (Å²) in [5, 5.41) is 4.34. The molecule has 1 amide bonds. The Kier molecular flexibility index (Phi) is 5.02. The van der Waals surface area contributed by atoms with Crippen LogP contribution in [-0.4, -0.2) is 41.0 Å². The Labute approximate surface area is 162 Å². The number of hydrogen-bond acceptors (Lipinski definition) is 4. The molecule has 1 aromatic heterocycles. The summed E-state index contributed by atoms with van der Waals surface area (Å²) in [6.07, 6.45) is 4.91. The van der Waals surface area contributed by atoms with Crippen LogP contribution in [0.2, 0.25) is 10.0 Å². The number of nitrogens with zero attached hydrogens (tertiary/aromatic N) is 2. The zero-order chi connectivity index (χ0) is 18.1. The van der Waals surface area contributed by atoms with Crippen LogP contribution in [0.1, 0.15) is 29.6 Å². The first-order valence-corrected chi connectivity index (χ1v) is 9.49. The molecule has 0 aliphatic carbocycles. The van der Waals surface area contributed by atoms with Gasteiger partial charge in [-0.3, -0.25) is 4.79 Å². The number of hydrogen-bond donors (Lipinski definition) is 1. The van der Waals surface area contributed by atoms with Crippen LogP contribution >= 0.6 is 23.2 Å². The molecule has 2 aliphatic rings. The number of pyridine rings is 1. The van der Waals surface area contributed by atoms with Crippen molar-refractivity contribution in [1.82, 2.24) is 15.2 Å². The molecule has 2 bridgehead atoms. The minimum Gasteiger partial charge on any atom is -0.437 e. The van der Waals surface area contributed by atoms with E-state index in [4.69, 9.17) is 27.9 Å². The van der Waals surface area contributed by atoms with E-state index in [1.54, 1.807) is 36.5 Å². The van der Waals surface area contributed by atoms with E-state index < -0.39 is 0 Å². The number of carbonyl (C=O) groups is 1. The number of carbonyl (C=O) groups excluding carboxylic acids is 1. The molecule has 3 heterocycles. The first-order valence-electron chi connectivity index (χ1n) is 8.73. The molecular formula is C19H19Cl2N3O2. The van der Waals surface area contributed by atoms with Gasteiger partial charge < -0.3 is 15.0 Å². The molecule has 2 fully saturated rings. The highest BCUT2D eigenvalue weighted by molar-refractivity contribution is 6.42. The molecule has 5 nitrogen and oxygen atoms in total. The first kappa shape index (κ1) is 17.6. The molecule has 0 spiro atoms. The molecule has 2 atom stereocenters. The van der Waals surface area contributed by atoms with E-state index in [1.807, 2.05) is 4.90 Å². The van der Waals surface area contributed by atoms with Crippen LogP contribution in [0.4, 0.5) is 0 Å². The predicted molar refractivity (Wildman–Crippen MR) is 101 cm³/mol. The fraction of sp³-hybridized carbons (Fsp3) is 0.368. The van der Waals surface area contributed by atoms with Crippen LogP contribution in [0.3, 0.4) is 0 Å². The Morgan fingerprint density at radius 3 is 2.81 bits per heavy atom. The molecule has 7 heteroatoms. The third-order valence-electron chi connectivity index (χ3n) is 4.92. The van der Waals surface area contributed by atoms with Crippen LogP contribution < -0.4 is 10.1 Å². The highest BCUT2D eigenvalue weighted by atomic mass is 35.5. The topological polar surface area (TPSA) is 54.5 Å². The summed E-state index contributed by atoms with van der Waals surface area (Å²) in [4.78, 5) is 18.9. The van der Waals surface area contributed by atoms with E-state index in [0.29, 0.717) is 39.3 Å². The average molecular weight is 392 g/mol. The van der Waals surface area contributed by atoms with E-state index in [1.165, 1.54) is 6.42 Å². The lowest BCUT2D eigenvalue weighted by Crippen LogP contribution is -2.39. The number of benzene rings is 1. The fourth-order valence-corrected chi connectivity index (χ4v) is 3.88. The third-order valence-corrected chi connectivity index (χ3v) is 5.73. The summed E-state index contributed by atoms with van der Waals surface area (Å²) in [7, 11) is 0. The molecule has 2 unspecified atom stereocenters. The van der Waals surface area contributed by atoms with Crippen LogP contribution in [0, 0.1) is 0 Å². The van der Waals surface area contributed by atoms with Gasteiger partial charge in [-0.1, -0.05) is 29.3 Å². The molecule has 2 aliphatic heterocycles. The molecule has 26 heavy (non-hydrogen) atoms. The summed E-state index contributed by atoms with van der Waals surface area (Å²) >= 11 is 12.1. The Hall–Kier alpha value is -1.82. The van der Waals surface area contributed by atoms with Crippen LogP contribution in [0.15, 0.2) is 36.5 Å². The van der Waals surface area contributed by atoms with Crippen molar-refractivity contribution in [2.24, 2.45) is 0 Å². The minimum absolute atomic E-state index is 0.0131. The monoisotopic (exact) mass is 391 g/mol. The molecule has 1 aromatic carbocycles. The number of likely N-dealkylation sites (tertiary alicyclic amines) is 1. The van der Waals surface area contributed by atoms with E-state index in [2.05, 4.69) is 10.3 Å². The second-order valence-electron chi connectivity index (χ2n) is 6.72. The van der Waals surface area contributed by atoms with Crippen molar-refractivity contribution in [2.75, 3.05) is 13.1 Å². The van der Waals surface area contributed by atoms with E-state index in [-0.39, 0.29) is 5.91 Å². The Morgan fingerprint density at radius 1 is 1.15 bits per heavy atom. The van der Waals surface area contributed by atoms with Crippen LogP contribution in [0.25, 0.3) is 0 Å². The van der Waals surface area contributed by atoms with Gasteiger partial charge in [0, 0.05) is 37.4 Å². The van der Waals surface area contributed by atoms with E-state index in [0.717, 1.165) is 25.9 Å². The van der Waals surface area contributed by atoms with Crippen molar-refractivity contribution in [2.45, 2.75) is 31.3 Å². The van der Waals surface area contributed by atoms with Crippen molar-refractivity contribution in [3.63, 3.8) is 0 Å². The SMILES string of the molecule is O=C(c1ccc(Oc2cccc(Cl)c2Cl)nc1)N1CCC2CCC(C1)N2. The minimum atomic E-state index is 0.0131. The van der Waals surface area contributed by atoms with Crippen LogP contribution in [0.5, 0.6) is 11.6 Å². The lowest BCUT2D eigenvalue weighted by molar-refractivity contribution is 0.0747. The third kappa shape index (κ3) is 3.65. The number of ether oxygens (including phenoxy) is 1. The van der Waals surface area contributed by atoms with Gasteiger partial charge in [-0.15, -0.1) is 0 Å². The average Bonchev–Trinajstić information content (AvgIpc) is 2.98. The second-order valence-corrected chi connectivity index (χ2v) is 7.50. The Morgan fingerprint density at radius 2 is 2.00 bits per heavy atom. The number of aromatic nitrogens is 1. The molecular weight excluding hydrogens is 373 g/mol. The largest absolute Gasteiger partial charge is 0.437 e. The predicted octanol–water partition coefficient (Wildman–Crippen LogP) is 4.15. The smallest absolute Gasteiger partial charge is 0.255 e. The van der Waals surface area contributed by atoms with Gasteiger partial charge in [-0.25, -0.2) is 4.98 Å². The zero-order valence-corrected chi connectivity index (χ0v) is 15.6. The van der Waals surface area contributed by atoms with Gasteiger partial charge >= 0.3 is 0 Å². The molecule has 0 radical (unpaired) electrons. The lowest BCUT2D eigenvalue weighted by atomic mass is 10.1. The molecule has 2 aromatic rings. The van der Waals surface area contributed by atoms with Crippen molar-refractivity contribution >= 4 is 29.1 Å².